The monoisotopic (exact) mass is 355 g/mol. The van der Waals surface area contributed by atoms with E-state index in [1.165, 1.54) is 0 Å². The molecule has 0 aromatic heterocycles. The molecular weight excluding hydrogens is 330 g/mol. The number of aliphatic carboxylic acids is 1. The Kier molecular flexibility index (Phi) is 14.5. The molecule has 0 unspecified atom stereocenters. The third-order valence-electron chi connectivity index (χ3n) is 1.72. The zero-order valence-electron chi connectivity index (χ0n) is 14.1. The predicted molar refractivity (Wildman–Crippen MR) is 83.2 cm³/mol. The Labute approximate surface area is 137 Å². The maximum atomic E-state index is 10.9. The highest BCUT2D eigenvalue weighted by atomic mass is 32.3. The van der Waals surface area contributed by atoms with Crippen LogP contribution in [-0.4, -0.2) is 75.9 Å². The molecular formula is C13H25NO8S. The first kappa shape index (κ1) is 26.2. The fourth-order valence-electron chi connectivity index (χ4n) is 0.535. The smallest absolute Gasteiger partial charge is 0.333 e. The van der Waals surface area contributed by atoms with Gasteiger partial charge in [0, 0.05) is 11.6 Å². The summed E-state index contributed by atoms with van der Waals surface area (Å²) < 4.78 is 36.7. The van der Waals surface area contributed by atoms with Crippen LogP contribution in [0, 0.1) is 0 Å². The molecule has 0 fully saturated rings. The number of hydrogen-bond donors (Lipinski definition) is 1. The van der Waals surface area contributed by atoms with Crippen LogP contribution in [0.2, 0.25) is 0 Å². The average molecular weight is 355 g/mol. The van der Waals surface area contributed by atoms with Crippen LogP contribution in [0.5, 0.6) is 0 Å². The fourth-order valence-corrected chi connectivity index (χ4v) is 0.535. The van der Waals surface area contributed by atoms with Crippen LogP contribution in [0.1, 0.15) is 6.92 Å². The fraction of sp³-hybridized carbons (Fsp3) is 0.538. The quantitative estimate of drug-likeness (QED) is 0.234. The highest BCUT2D eigenvalue weighted by Crippen LogP contribution is 1.94. The topological polar surface area (TPSA) is 130 Å². The lowest BCUT2D eigenvalue weighted by molar-refractivity contribution is -0.870. The van der Waals surface area contributed by atoms with Gasteiger partial charge in [-0.2, -0.15) is 0 Å². The molecule has 0 saturated carbocycles. The van der Waals surface area contributed by atoms with E-state index in [1.54, 1.807) is 6.92 Å². The molecule has 0 aromatic rings. The number of nitrogens with zero attached hydrogens (tertiary/aromatic N) is 1. The van der Waals surface area contributed by atoms with Crippen LogP contribution in [-0.2, 0) is 28.9 Å². The van der Waals surface area contributed by atoms with Gasteiger partial charge in [-0.15, -0.1) is 0 Å². The van der Waals surface area contributed by atoms with Gasteiger partial charge < -0.3 is 18.9 Å². The Hall–Kier alpha value is -1.75. The molecule has 0 aliphatic carbocycles. The summed E-state index contributed by atoms with van der Waals surface area (Å²) in [6.45, 7) is 9.37. The van der Waals surface area contributed by atoms with Crippen LogP contribution in [0.3, 0.4) is 0 Å². The lowest BCUT2D eigenvalue weighted by Gasteiger charge is -2.23. The molecule has 0 bridgehead atoms. The molecule has 1 N–H and O–H groups in total. The van der Waals surface area contributed by atoms with Gasteiger partial charge in [0.1, 0.15) is 13.2 Å². The molecule has 0 radical (unpaired) electrons. The minimum atomic E-state index is -4.41. The Morgan fingerprint density at radius 1 is 1.30 bits per heavy atom. The van der Waals surface area contributed by atoms with Crippen molar-refractivity contribution in [2.75, 3.05) is 41.4 Å². The van der Waals surface area contributed by atoms with Gasteiger partial charge in [-0.05, 0) is 6.92 Å². The summed E-state index contributed by atoms with van der Waals surface area (Å²) in [5.74, 6) is -1.28. The molecule has 0 aliphatic rings. The molecule has 0 atom stereocenters. The minimum Gasteiger partial charge on any atom is -0.726 e. The van der Waals surface area contributed by atoms with Crippen LogP contribution < -0.4 is 0 Å². The van der Waals surface area contributed by atoms with Gasteiger partial charge in [-0.1, -0.05) is 13.2 Å². The maximum Gasteiger partial charge on any atom is 0.333 e. The molecule has 0 amide bonds. The van der Waals surface area contributed by atoms with Crippen molar-refractivity contribution in [1.82, 2.24) is 0 Å². The van der Waals surface area contributed by atoms with Crippen molar-refractivity contribution in [3.8, 4) is 0 Å². The van der Waals surface area contributed by atoms with Crippen LogP contribution in [0.25, 0.3) is 0 Å². The number of hydrogen-bond acceptors (Lipinski definition) is 7. The Morgan fingerprint density at radius 3 is 1.83 bits per heavy atom. The summed E-state index contributed by atoms with van der Waals surface area (Å²) in [5, 5.41) is 7.60. The second kappa shape index (κ2) is 12.8. The largest absolute Gasteiger partial charge is 0.726 e. The van der Waals surface area contributed by atoms with E-state index in [2.05, 4.69) is 38.5 Å². The third kappa shape index (κ3) is 33.2. The zero-order chi connectivity index (χ0) is 19.3. The van der Waals surface area contributed by atoms with Crippen LogP contribution >= 0.6 is 0 Å². The molecule has 0 aromatic carbocycles. The standard InChI is InChI=1S/C9H18NO2.C3H4O2.CH4O4S/c1-8(2)9(11)12-7-6-10(3,4)5;1-2-3(4)5;1-5-6(2,3)4/h1,6-7H2,2-5H3;2H,1H2,(H,4,5);1H3,(H,2,3,4)/q+1;;/p-1. The molecule has 9 nitrogen and oxygen atoms in total. The van der Waals surface area contributed by atoms with Gasteiger partial charge in [0.15, 0.2) is 0 Å². The molecule has 136 valence electrons. The number of esters is 1. The van der Waals surface area contributed by atoms with Gasteiger partial charge in [0.2, 0.25) is 10.4 Å². The van der Waals surface area contributed by atoms with E-state index in [-0.39, 0.29) is 5.97 Å². The Bertz CT molecular complexity index is 491. The SMILES string of the molecule is C=C(C)C(=O)OCC[N+](C)(C)C.C=CC(=O)O.COS(=O)(=O)[O-]. The summed E-state index contributed by atoms with van der Waals surface area (Å²) in [4.78, 5) is 20.1. The number of quaternary nitrogens is 1. The van der Waals surface area contributed by atoms with Crippen molar-refractivity contribution in [2.45, 2.75) is 6.92 Å². The van der Waals surface area contributed by atoms with Crippen molar-refractivity contribution >= 4 is 22.3 Å². The van der Waals surface area contributed by atoms with Crippen LogP contribution in [0.15, 0.2) is 24.8 Å². The Balaban J connectivity index is -0.000000303. The predicted octanol–water partition coefficient (Wildman–Crippen LogP) is 0.162. The van der Waals surface area contributed by atoms with Crippen molar-refractivity contribution in [1.29, 1.82) is 0 Å². The minimum absolute atomic E-state index is 0.302. The molecule has 23 heavy (non-hydrogen) atoms. The lowest BCUT2D eigenvalue weighted by atomic mass is 10.4. The van der Waals surface area contributed by atoms with Gasteiger partial charge in [-0.25, -0.2) is 18.0 Å². The lowest BCUT2D eigenvalue weighted by Crippen LogP contribution is -2.38. The molecule has 10 heteroatoms. The highest BCUT2D eigenvalue weighted by molar-refractivity contribution is 7.80. The first-order valence-electron chi connectivity index (χ1n) is 6.16. The maximum absolute atomic E-state index is 10.9. The van der Waals surface area contributed by atoms with Crippen molar-refractivity contribution < 1.29 is 41.1 Å². The van der Waals surface area contributed by atoms with E-state index in [9.17, 15) is 22.6 Å². The van der Waals surface area contributed by atoms with E-state index in [0.29, 0.717) is 12.2 Å². The van der Waals surface area contributed by atoms with Crippen LogP contribution in [0.4, 0.5) is 0 Å². The first-order chi connectivity index (χ1) is 10.2. The summed E-state index contributed by atoms with van der Waals surface area (Å²) in [7, 11) is 2.55. The van der Waals surface area contributed by atoms with Crippen molar-refractivity contribution in [3.63, 3.8) is 0 Å². The average Bonchev–Trinajstić information content (AvgIpc) is 2.37. The number of ether oxygens (including phenoxy) is 1. The number of rotatable bonds is 6. The normalized spacial score (nSPS) is 10.2. The van der Waals surface area contributed by atoms with Gasteiger partial charge in [-0.3, -0.25) is 4.18 Å². The highest BCUT2D eigenvalue weighted by Gasteiger charge is 2.09. The molecule has 0 aliphatic heterocycles. The van der Waals surface area contributed by atoms with E-state index >= 15 is 0 Å². The summed E-state index contributed by atoms with van der Waals surface area (Å²) in [5.41, 5.74) is 0.455. The summed E-state index contributed by atoms with van der Waals surface area (Å²) in [6.07, 6.45) is 0.833. The zero-order valence-corrected chi connectivity index (χ0v) is 14.9. The van der Waals surface area contributed by atoms with Gasteiger partial charge >= 0.3 is 11.9 Å². The van der Waals surface area contributed by atoms with Gasteiger partial charge in [0.25, 0.3) is 0 Å². The van der Waals surface area contributed by atoms with E-state index < -0.39 is 16.4 Å². The number of carboxylic acids is 1. The van der Waals surface area contributed by atoms with Crippen molar-refractivity contribution in [3.05, 3.63) is 24.8 Å². The number of carboxylic acid groups (broad SMARTS) is 1. The number of likely N-dealkylation sites (N-methyl/N-ethyl adjacent to an activating group) is 1. The van der Waals surface area contributed by atoms with E-state index in [0.717, 1.165) is 24.2 Å². The third-order valence-corrected chi connectivity index (χ3v) is 2.13. The van der Waals surface area contributed by atoms with Crippen molar-refractivity contribution in [2.24, 2.45) is 0 Å². The molecule has 0 rings (SSSR count). The summed E-state index contributed by atoms with van der Waals surface area (Å²) >= 11 is 0. The molecule has 0 saturated heterocycles. The summed E-state index contributed by atoms with van der Waals surface area (Å²) in [6, 6.07) is 0. The number of carbonyl (C=O) groups is 2. The van der Waals surface area contributed by atoms with E-state index in [1.807, 2.05) is 0 Å². The Morgan fingerprint density at radius 2 is 1.65 bits per heavy atom. The molecule has 0 spiro atoms. The second-order valence-electron chi connectivity index (χ2n) is 5.05. The first-order valence-corrected chi connectivity index (χ1v) is 7.49. The second-order valence-corrected chi connectivity index (χ2v) is 6.20. The number of carbonyl (C=O) groups excluding carboxylic acids is 1. The van der Waals surface area contributed by atoms with E-state index in [4.69, 9.17) is 9.84 Å². The van der Waals surface area contributed by atoms with Gasteiger partial charge in [0.05, 0.1) is 28.3 Å². The molecule has 0 heterocycles.